The molecule has 1 N–H and O–H groups in total. The van der Waals surface area contributed by atoms with Crippen molar-refractivity contribution in [1.82, 2.24) is 9.78 Å². The molecule has 1 amide bonds. The lowest BCUT2D eigenvalue weighted by atomic mass is 10.0. The van der Waals surface area contributed by atoms with Gasteiger partial charge in [0.05, 0.1) is 31.3 Å². The van der Waals surface area contributed by atoms with Crippen molar-refractivity contribution in [3.63, 3.8) is 0 Å². The Kier molecular flexibility index (Phi) is 7.36. The Labute approximate surface area is 185 Å². The van der Waals surface area contributed by atoms with Crippen molar-refractivity contribution >= 4 is 23.4 Å². The normalized spacial score (nSPS) is 10.7. The first kappa shape index (κ1) is 22.4. The number of nitrogens with zero attached hydrogens (tertiary/aromatic N) is 2. The van der Waals surface area contributed by atoms with Gasteiger partial charge in [-0.15, -0.1) is 0 Å². The van der Waals surface area contributed by atoms with Gasteiger partial charge in [0.1, 0.15) is 16.5 Å². The third-order valence-electron chi connectivity index (χ3n) is 4.61. The summed E-state index contributed by atoms with van der Waals surface area (Å²) in [6.07, 6.45) is 0. The van der Waals surface area contributed by atoms with Crippen molar-refractivity contribution in [1.29, 1.82) is 0 Å². The van der Waals surface area contributed by atoms with Crippen LogP contribution in [0, 0.1) is 0 Å². The monoisotopic (exact) mass is 439 g/mol. The lowest BCUT2D eigenvalue weighted by Gasteiger charge is -2.12. The average molecular weight is 440 g/mol. The molecule has 0 aliphatic rings. The highest BCUT2D eigenvalue weighted by atomic mass is 32.2. The van der Waals surface area contributed by atoms with E-state index in [4.69, 9.17) is 9.47 Å². The molecule has 3 aromatic rings. The van der Waals surface area contributed by atoms with E-state index >= 15 is 0 Å². The lowest BCUT2D eigenvalue weighted by molar-refractivity contribution is -0.113. The smallest absolute Gasteiger partial charge is 0.271 e. The largest absolute Gasteiger partial charge is 0.497 e. The van der Waals surface area contributed by atoms with Gasteiger partial charge in [0, 0.05) is 12.1 Å². The van der Waals surface area contributed by atoms with Gasteiger partial charge < -0.3 is 14.8 Å². The number of hydrogen-bond acceptors (Lipinski definition) is 6. The van der Waals surface area contributed by atoms with Crippen molar-refractivity contribution in [2.75, 3.05) is 25.3 Å². The molecule has 0 spiro atoms. The first-order valence-corrected chi connectivity index (χ1v) is 10.7. The van der Waals surface area contributed by atoms with Gasteiger partial charge in [-0.1, -0.05) is 37.7 Å². The van der Waals surface area contributed by atoms with Gasteiger partial charge in [0.25, 0.3) is 5.56 Å². The molecule has 0 fully saturated rings. The number of ether oxygens (including phenoxy) is 2. The summed E-state index contributed by atoms with van der Waals surface area (Å²) in [5.74, 6) is 1.47. The van der Waals surface area contributed by atoms with Gasteiger partial charge in [0.15, 0.2) is 0 Å². The van der Waals surface area contributed by atoms with E-state index in [1.165, 1.54) is 35.2 Å². The molecule has 0 aliphatic carbocycles. The van der Waals surface area contributed by atoms with Crippen LogP contribution in [0.2, 0.25) is 0 Å². The van der Waals surface area contributed by atoms with Crippen molar-refractivity contribution in [3.8, 4) is 17.2 Å². The van der Waals surface area contributed by atoms with E-state index in [0.717, 1.165) is 0 Å². The summed E-state index contributed by atoms with van der Waals surface area (Å²) in [7, 11) is 3.09. The Morgan fingerprint density at radius 3 is 2.45 bits per heavy atom. The van der Waals surface area contributed by atoms with E-state index < -0.39 is 0 Å². The van der Waals surface area contributed by atoms with Crippen LogP contribution < -0.4 is 20.3 Å². The second-order valence-corrected chi connectivity index (χ2v) is 8.07. The fourth-order valence-corrected chi connectivity index (χ4v) is 3.54. The number of carbonyl (C=O) groups excluding carboxylic acids is 1. The SMILES string of the molecule is COc1ccc(NC(=O)CSc2ccc(=O)n(-c3ccc(C(C)C)cc3)n2)c(OC)c1. The standard InChI is InChI=1S/C23H25N3O4S/c1-15(2)16-5-7-17(8-6-16)26-23(28)12-11-22(25-26)31-14-21(27)24-19-10-9-18(29-3)13-20(19)30-4/h5-13,15H,14H2,1-4H3,(H,24,27). The Morgan fingerprint density at radius 2 is 1.81 bits per heavy atom. The lowest BCUT2D eigenvalue weighted by Crippen LogP contribution is -2.21. The summed E-state index contributed by atoms with van der Waals surface area (Å²) in [6, 6.07) is 16.0. The van der Waals surface area contributed by atoms with Gasteiger partial charge in [-0.25, -0.2) is 0 Å². The molecular formula is C23H25N3O4S. The maximum atomic E-state index is 12.4. The second kappa shape index (κ2) is 10.2. The summed E-state index contributed by atoms with van der Waals surface area (Å²) in [5.41, 5.74) is 2.20. The molecule has 0 aliphatic heterocycles. The molecule has 0 radical (unpaired) electrons. The average Bonchev–Trinajstić information content (AvgIpc) is 2.78. The van der Waals surface area contributed by atoms with Crippen LogP contribution in [0.25, 0.3) is 5.69 Å². The zero-order valence-corrected chi connectivity index (χ0v) is 18.7. The van der Waals surface area contributed by atoms with Gasteiger partial charge in [-0.05, 0) is 41.8 Å². The summed E-state index contributed by atoms with van der Waals surface area (Å²) in [5, 5.41) is 7.79. The van der Waals surface area contributed by atoms with Crippen LogP contribution in [-0.4, -0.2) is 35.7 Å². The van der Waals surface area contributed by atoms with E-state index in [0.29, 0.717) is 33.8 Å². The molecule has 0 saturated carbocycles. The highest BCUT2D eigenvalue weighted by molar-refractivity contribution is 7.99. The molecule has 0 unspecified atom stereocenters. The van der Waals surface area contributed by atoms with Crippen molar-refractivity contribution in [3.05, 3.63) is 70.5 Å². The maximum absolute atomic E-state index is 12.4. The van der Waals surface area contributed by atoms with Crippen LogP contribution >= 0.6 is 11.8 Å². The van der Waals surface area contributed by atoms with Gasteiger partial charge >= 0.3 is 0 Å². The molecule has 0 bridgehead atoms. The third-order valence-corrected chi connectivity index (χ3v) is 5.53. The van der Waals surface area contributed by atoms with Crippen LogP contribution in [-0.2, 0) is 4.79 Å². The maximum Gasteiger partial charge on any atom is 0.271 e. The minimum atomic E-state index is -0.228. The molecule has 0 saturated heterocycles. The minimum absolute atomic E-state index is 0.132. The number of thioether (sulfide) groups is 1. The van der Waals surface area contributed by atoms with E-state index in [1.807, 2.05) is 24.3 Å². The highest BCUT2D eigenvalue weighted by Crippen LogP contribution is 2.29. The molecule has 0 atom stereocenters. The number of aromatic nitrogens is 2. The minimum Gasteiger partial charge on any atom is -0.497 e. The molecule has 162 valence electrons. The van der Waals surface area contributed by atoms with E-state index in [-0.39, 0.29) is 17.2 Å². The second-order valence-electron chi connectivity index (χ2n) is 7.07. The summed E-state index contributed by atoms with van der Waals surface area (Å²) >= 11 is 1.25. The molecular weight excluding hydrogens is 414 g/mol. The first-order chi connectivity index (χ1) is 14.9. The van der Waals surface area contributed by atoms with Gasteiger partial charge in [-0.3, -0.25) is 9.59 Å². The summed E-state index contributed by atoms with van der Waals surface area (Å²) in [4.78, 5) is 24.7. The molecule has 1 aromatic heterocycles. The zero-order valence-electron chi connectivity index (χ0n) is 17.9. The third kappa shape index (κ3) is 5.67. The first-order valence-electron chi connectivity index (χ1n) is 9.76. The Balaban J connectivity index is 1.69. The van der Waals surface area contributed by atoms with Crippen molar-refractivity contribution in [2.24, 2.45) is 0 Å². The predicted molar refractivity (Wildman–Crippen MR) is 123 cm³/mol. The van der Waals surface area contributed by atoms with E-state index in [1.54, 1.807) is 31.4 Å². The van der Waals surface area contributed by atoms with Crippen LogP contribution in [0.3, 0.4) is 0 Å². The van der Waals surface area contributed by atoms with Crippen molar-refractivity contribution < 1.29 is 14.3 Å². The number of rotatable bonds is 8. The number of hydrogen-bond donors (Lipinski definition) is 1. The highest BCUT2D eigenvalue weighted by Gasteiger charge is 2.11. The summed E-state index contributed by atoms with van der Waals surface area (Å²) < 4.78 is 11.8. The number of amides is 1. The van der Waals surface area contributed by atoms with Gasteiger partial charge in [0.2, 0.25) is 5.91 Å². The Hall–Kier alpha value is -3.26. The topological polar surface area (TPSA) is 82.5 Å². The van der Waals surface area contributed by atoms with Crippen LogP contribution in [0.1, 0.15) is 25.3 Å². The Bertz CT molecular complexity index is 1110. The molecule has 7 nitrogen and oxygen atoms in total. The molecule has 2 aromatic carbocycles. The molecule has 3 rings (SSSR count). The number of methoxy groups -OCH3 is 2. The summed E-state index contributed by atoms with van der Waals surface area (Å²) in [6.45, 7) is 4.23. The molecule has 1 heterocycles. The molecule has 8 heteroatoms. The number of carbonyl (C=O) groups is 1. The fourth-order valence-electron chi connectivity index (χ4n) is 2.88. The van der Waals surface area contributed by atoms with E-state index in [2.05, 4.69) is 24.3 Å². The molecule has 31 heavy (non-hydrogen) atoms. The quantitative estimate of drug-likeness (QED) is 0.532. The predicted octanol–water partition coefficient (Wildman–Crippen LogP) is 4.10. The van der Waals surface area contributed by atoms with E-state index in [9.17, 15) is 9.59 Å². The Morgan fingerprint density at radius 1 is 1.06 bits per heavy atom. The number of anilines is 1. The van der Waals surface area contributed by atoms with Gasteiger partial charge in [-0.2, -0.15) is 9.78 Å². The zero-order chi connectivity index (χ0) is 22.4. The van der Waals surface area contributed by atoms with Crippen LogP contribution in [0.4, 0.5) is 5.69 Å². The number of benzene rings is 2. The van der Waals surface area contributed by atoms with Crippen molar-refractivity contribution in [2.45, 2.75) is 24.8 Å². The van der Waals surface area contributed by atoms with Crippen LogP contribution in [0.15, 0.2) is 64.4 Å². The van der Waals surface area contributed by atoms with Crippen LogP contribution in [0.5, 0.6) is 11.5 Å². The fraction of sp³-hybridized carbons (Fsp3) is 0.261. The number of nitrogens with one attached hydrogen (secondary N) is 1.